The Hall–Kier alpha value is -2.29. The Morgan fingerprint density at radius 2 is 1.59 bits per heavy atom. The van der Waals surface area contributed by atoms with Gasteiger partial charge in [0, 0.05) is 12.6 Å². The van der Waals surface area contributed by atoms with Gasteiger partial charge < -0.3 is 10.6 Å². The molecular formula is C14H13N3. The van der Waals surface area contributed by atoms with E-state index in [2.05, 4.69) is 16.0 Å². The predicted molar refractivity (Wildman–Crippen MR) is 71.3 cm³/mol. The second-order valence-corrected chi connectivity index (χ2v) is 4.06. The molecule has 0 bridgehead atoms. The molecule has 0 aromatic heterocycles. The molecule has 0 atom stereocenters. The van der Waals surface area contributed by atoms with Crippen molar-refractivity contribution in [2.45, 2.75) is 0 Å². The highest BCUT2D eigenvalue weighted by atomic mass is 15.1. The zero-order valence-corrected chi connectivity index (χ0v) is 9.59. The summed E-state index contributed by atoms with van der Waals surface area (Å²) in [5, 5.41) is 0. The Labute approximate surface area is 100 Å². The molecular weight excluding hydrogens is 210 g/mol. The number of anilines is 2. The van der Waals surface area contributed by atoms with Gasteiger partial charge in [-0.05, 0) is 24.3 Å². The van der Waals surface area contributed by atoms with E-state index in [9.17, 15) is 0 Å². The molecule has 0 saturated heterocycles. The Balaban J connectivity index is 2.32. The van der Waals surface area contributed by atoms with E-state index in [4.69, 9.17) is 5.73 Å². The number of amidine groups is 1. The number of aliphatic imine (C=N–C) groups is 1. The molecule has 2 N–H and O–H groups in total. The largest absolute Gasteiger partial charge is 0.383 e. The van der Waals surface area contributed by atoms with Gasteiger partial charge in [-0.2, -0.15) is 0 Å². The first-order valence-electron chi connectivity index (χ1n) is 5.54. The van der Waals surface area contributed by atoms with Gasteiger partial charge in [0.05, 0.1) is 17.1 Å². The van der Waals surface area contributed by atoms with E-state index in [1.807, 2.05) is 49.5 Å². The van der Waals surface area contributed by atoms with E-state index in [0.717, 1.165) is 22.6 Å². The number of hydrogen-bond acceptors (Lipinski definition) is 3. The van der Waals surface area contributed by atoms with E-state index in [-0.39, 0.29) is 0 Å². The molecule has 0 amide bonds. The second kappa shape index (κ2) is 3.63. The highest BCUT2D eigenvalue weighted by Crippen LogP contribution is 2.37. The van der Waals surface area contributed by atoms with Gasteiger partial charge in [0.25, 0.3) is 0 Å². The minimum Gasteiger partial charge on any atom is -0.383 e. The summed E-state index contributed by atoms with van der Waals surface area (Å²) in [5.74, 6) is 0.567. The lowest BCUT2D eigenvalue weighted by Gasteiger charge is -2.20. The highest BCUT2D eigenvalue weighted by Gasteiger charge is 2.17. The van der Waals surface area contributed by atoms with Crippen molar-refractivity contribution in [2.75, 3.05) is 11.9 Å². The van der Waals surface area contributed by atoms with Crippen LogP contribution < -0.4 is 10.6 Å². The minimum atomic E-state index is 0.567. The molecule has 2 aromatic rings. The molecule has 17 heavy (non-hydrogen) atoms. The third-order valence-electron chi connectivity index (χ3n) is 3.03. The van der Waals surface area contributed by atoms with Crippen LogP contribution in [0.2, 0.25) is 0 Å². The van der Waals surface area contributed by atoms with Crippen molar-refractivity contribution in [3.05, 3.63) is 54.1 Å². The predicted octanol–water partition coefficient (Wildman–Crippen LogP) is 2.80. The average Bonchev–Trinajstić information content (AvgIpc) is 2.48. The van der Waals surface area contributed by atoms with Gasteiger partial charge >= 0.3 is 0 Å². The van der Waals surface area contributed by atoms with Crippen molar-refractivity contribution in [1.82, 2.24) is 0 Å². The van der Waals surface area contributed by atoms with Gasteiger partial charge in [0.2, 0.25) is 0 Å². The van der Waals surface area contributed by atoms with Crippen molar-refractivity contribution >= 4 is 22.9 Å². The van der Waals surface area contributed by atoms with Crippen LogP contribution in [0.25, 0.3) is 0 Å². The third kappa shape index (κ3) is 1.47. The number of fused-ring (bicyclic) bond motifs is 2. The molecule has 0 spiro atoms. The molecule has 84 valence electrons. The Morgan fingerprint density at radius 3 is 2.41 bits per heavy atom. The minimum absolute atomic E-state index is 0.567. The molecule has 2 aromatic carbocycles. The van der Waals surface area contributed by atoms with E-state index < -0.39 is 0 Å². The molecule has 0 unspecified atom stereocenters. The van der Waals surface area contributed by atoms with Crippen LogP contribution in [0.5, 0.6) is 0 Å². The zero-order valence-electron chi connectivity index (χ0n) is 9.59. The monoisotopic (exact) mass is 223 g/mol. The standard InChI is InChI=1S/C14H13N3/c1-17-12-8-4-2-6-10(12)14(15)16-11-7-3-5-9-13(11)17/h2-9H,1H3,(H2,15,16). The lowest BCUT2D eigenvalue weighted by Crippen LogP contribution is -2.16. The van der Waals surface area contributed by atoms with Crippen LogP contribution in [0, 0.1) is 0 Å². The van der Waals surface area contributed by atoms with Gasteiger partial charge in [-0.25, -0.2) is 4.99 Å². The van der Waals surface area contributed by atoms with Crippen LogP contribution >= 0.6 is 0 Å². The van der Waals surface area contributed by atoms with Crippen LogP contribution in [0.3, 0.4) is 0 Å². The summed E-state index contributed by atoms with van der Waals surface area (Å²) in [5.41, 5.74) is 10.1. The maximum Gasteiger partial charge on any atom is 0.133 e. The lowest BCUT2D eigenvalue weighted by molar-refractivity contribution is 1.21. The molecule has 0 radical (unpaired) electrons. The van der Waals surface area contributed by atoms with Crippen LogP contribution in [0.1, 0.15) is 5.56 Å². The summed E-state index contributed by atoms with van der Waals surface area (Å²) in [4.78, 5) is 6.60. The zero-order chi connectivity index (χ0) is 11.8. The maximum atomic E-state index is 6.05. The normalized spacial score (nSPS) is 13.5. The molecule has 1 aliphatic rings. The molecule has 1 aliphatic heterocycles. The summed E-state index contributed by atoms with van der Waals surface area (Å²) in [6, 6.07) is 16.0. The molecule has 3 rings (SSSR count). The summed E-state index contributed by atoms with van der Waals surface area (Å²) < 4.78 is 0. The van der Waals surface area contributed by atoms with Crippen molar-refractivity contribution in [3.8, 4) is 0 Å². The second-order valence-electron chi connectivity index (χ2n) is 4.06. The van der Waals surface area contributed by atoms with Gasteiger partial charge in [-0.3, -0.25) is 0 Å². The summed E-state index contributed by atoms with van der Waals surface area (Å²) in [7, 11) is 2.03. The number of hydrogen-bond donors (Lipinski definition) is 1. The van der Waals surface area contributed by atoms with Crippen LogP contribution in [-0.4, -0.2) is 12.9 Å². The topological polar surface area (TPSA) is 41.6 Å². The molecule has 1 heterocycles. The fraction of sp³-hybridized carbons (Fsp3) is 0.0714. The van der Waals surface area contributed by atoms with Crippen LogP contribution in [0.15, 0.2) is 53.5 Å². The van der Waals surface area contributed by atoms with Gasteiger partial charge in [-0.1, -0.05) is 24.3 Å². The maximum absolute atomic E-state index is 6.05. The van der Waals surface area contributed by atoms with Crippen molar-refractivity contribution in [3.63, 3.8) is 0 Å². The lowest BCUT2D eigenvalue weighted by atomic mass is 10.1. The van der Waals surface area contributed by atoms with E-state index in [1.165, 1.54) is 0 Å². The fourth-order valence-corrected chi connectivity index (χ4v) is 2.14. The summed E-state index contributed by atoms with van der Waals surface area (Å²) in [6.07, 6.45) is 0. The molecule has 0 aliphatic carbocycles. The smallest absolute Gasteiger partial charge is 0.133 e. The van der Waals surface area contributed by atoms with E-state index >= 15 is 0 Å². The van der Waals surface area contributed by atoms with Crippen molar-refractivity contribution in [2.24, 2.45) is 10.7 Å². The van der Waals surface area contributed by atoms with Crippen LogP contribution in [0.4, 0.5) is 17.1 Å². The van der Waals surface area contributed by atoms with E-state index in [0.29, 0.717) is 5.84 Å². The highest BCUT2D eigenvalue weighted by molar-refractivity contribution is 6.07. The first-order valence-corrected chi connectivity index (χ1v) is 5.54. The van der Waals surface area contributed by atoms with Gasteiger partial charge in [-0.15, -0.1) is 0 Å². The van der Waals surface area contributed by atoms with Crippen LogP contribution in [-0.2, 0) is 0 Å². The van der Waals surface area contributed by atoms with Crippen molar-refractivity contribution < 1.29 is 0 Å². The summed E-state index contributed by atoms with van der Waals surface area (Å²) >= 11 is 0. The summed E-state index contributed by atoms with van der Waals surface area (Å²) in [6.45, 7) is 0. The van der Waals surface area contributed by atoms with E-state index in [1.54, 1.807) is 0 Å². The number of para-hydroxylation sites is 3. The van der Waals surface area contributed by atoms with Gasteiger partial charge in [0.1, 0.15) is 5.84 Å². The number of nitrogens with zero attached hydrogens (tertiary/aromatic N) is 2. The average molecular weight is 223 g/mol. The third-order valence-corrected chi connectivity index (χ3v) is 3.03. The Morgan fingerprint density at radius 1 is 0.941 bits per heavy atom. The first kappa shape index (κ1) is 9.90. The Bertz CT molecular complexity index is 602. The molecule has 0 saturated carbocycles. The molecule has 0 fully saturated rings. The molecule has 3 nitrogen and oxygen atoms in total. The van der Waals surface area contributed by atoms with Crippen molar-refractivity contribution in [1.29, 1.82) is 0 Å². The number of benzene rings is 2. The SMILES string of the molecule is CN1c2ccccc2N=C(N)c2ccccc21. The van der Waals surface area contributed by atoms with Gasteiger partial charge in [0.15, 0.2) is 0 Å². The first-order chi connectivity index (χ1) is 8.27. The Kier molecular flexibility index (Phi) is 2.11. The molecule has 3 heteroatoms. The number of rotatable bonds is 0. The quantitative estimate of drug-likeness (QED) is 0.746. The fourth-order valence-electron chi connectivity index (χ4n) is 2.14. The number of nitrogens with two attached hydrogens (primary N) is 1.